The van der Waals surface area contributed by atoms with E-state index in [0.29, 0.717) is 30.7 Å². The van der Waals surface area contributed by atoms with Crippen LogP contribution in [0.25, 0.3) is 0 Å². The number of hydrogen-bond donors (Lipinski definition) is 2. The fraction of sp³-hybridized carbons (Fsp3) is 0.786. The molecular weight excluding hydrogens is 270 g/mol. The number of ether oxygens (including phenoxy) is 1. The minimum atomic E-state index is -0.592. The number of aromatic nitrogens is 3. The Morgan fingerprint density at radius 3 is 2.52 bits per heavy atom. The number of nitrogens with one attached hydrogen (secondary N) is 1. The van der Waals surface area contributed by atoms with Crippen LogP contribution in [0.3, 0.4) is 0 Å². The van der Waals surface area contributed by atoms with E-state index in [9.17, 15) is 5.11 Å². The van der Waals surface area contributed by atoms with E-state index in [1.165, 1.54) is 0 Å². The Balaban J connectivity index is 2.19. The Labute approximate surface area is 125 Å². The lowest BCUT2D eigenvalue weighted by atomic mass is 9.94. The molecule has 0 bridgehead atoms. The molecule has 2 heterocycles. The highest BCUT2D eigenvalue weighted by molar-refractivity contribution is 5.39. The zero-order valence-corrected chi connectivity index (χ0v) is 13.3. The van der Waals surface area contributed by atoms with Crippen LogP contribution in [0.2, 0.25) is 0 Å². The summed E-state index contributed by atoms with van der Waals surface area (Å²) in [4.78, 5) is 15.1. The Morgan fingerprint density at radius 1 is 1.29 bits per heavy atom. The number of aliphatic hydroxyl groups is 1. The molecule has 7 heteroatoms. The van der Waals surface area contributed by atoms with Crippen molar-refractivity contribution in [2.24, 2.45) is 0 Å². The highest BCUT2D eigenvalue weighted by Gasteiger charge is 2.29. The topological polar surface area (TPSA) is 83.4 Å². The lowest BCUT2D eigenvalue weighted by Gasteiger charge is -2.35. The molecule has 0 atom stereocenters. The van der Waals surface area contributed by atoms with Gasteiger partial charge in [-0.15, -0.1) is 0 Å². The van der Waals surface area contributed by atoms with Crippen molar-refractivity contribution in [3.8, 4) is 6.01 Å². The van der Waals surface area contributed by atoms with Gasteiger partial charge in [0.1, 0.15) is 0 Å². The first kappa shape index (κ1) is 15.8. The average Bonchev–Trinajstić information content (AvgIpc) is 2.37. The maximum atomic E-state index is 10.0. The largest absolute Gasteiger partial charge is 0.461 e. The zero-order chi connectivity index (χ0) is 15.5. The first-order chi connectivity index (χ1) is 9.89. The van der Waals surface area contributed by atoms with Crippen molar-refractivity contribution < 1.29 is 9.84 Å². The highest BCUT2D eigenvalue weighted by Crippen LogP contribution is 2.25. The van der Waals surface area contributed by atoms with Crippen LogP contribution in [-0.2, 0) is 0 Å². The maximum absolute atomic E-state index is 10.0. The Bertz CT molecular complexity index is 468. The molecule has 0 aromatic carbocycles. The van der Waals surface area contributed by atoms with Gasteiger partial charge in [0.05, 0.1) is 11.7 Å². The summed E-state index contributed by atoms with van der Waals surface area (Å²) in [6.07, 6.45) is 1.42. The van der Waals surface area contributed by atoms with E-state index in [0.717, 1.165) is 19.6 Å². The molecule has 0 aliphatic carbocycles. The Kier molecular flexibility index (Phi) is 4.82. The number of anilines is 2. The van der Waals surface area contributed by atoms with Gasteiger partial charge < -0.3 is 20.1 Å². The molecule has 0 amide bonds. The molecule has 0 radical (unpaired) electrons. The van der Waals surface area contributed by atoms with Crippen LogP contribution in [0, 0.1) is 0 Å². The van der Waals surface area contributed by atoms with E-state index in [1.54, 1.807) is 0 Å². The number of rotatable bonds is 5. The monoisotopic (exact) mass is 295 g/mol. The minimum Gasteiger partial charge on any atom is -0.461 e. The number of hydrogen-bond acceptors (Lipinski definition) is 7. The Morgan fingerprint density at radius 2 is 1.95 bits per heavy atom. The SMILES string of the molecule is CCNc1nc(OC(C)C)nc(N2CCC(C)(O)CC2)n1. The van der Waals surface area contributed by atoms with Crippen LogP contribution in [0.4, 0.5) is 11.9 Å². The van der Waals surface area contributed by atoms with Gasteiger partial charge in [0.25, 0.3) is 0 Å². The predicted molar refractivity (Wildman–Crippen MR) is 81.8 cm³/mol. The van der Waals surface area contributed by atoms with E-state index in [1.807, 2.05) is 27.7 Å². The van der Waals surface area contributed by atoms with Gasteiger partial charge >= 0.3 is 6.01 Å². The van der Waals surface area contributed by atoms with Crippen molar-refractivity contribution in [3.63, 3.8) is 0 Å². The predicted octanol–water partition coefficient (Wildman–Crippen LogP) is 1.44. The fourth-order valence-electron chi connectivity index (χ4n) is 2.18. The summed E-state index contributed by atoms with van der Waals surface area (Å²) >= 11 is 0. The van der Waals surface area contributed by atoms with E-state index < -0.39 is 5.60 Å². The highest BCUT2D eigenvalue weighted by atomic mass is 16.5. The molecule has 21 heavy (non-hydrogen) atoms. The number of piperidine rings is 1. The fourth-order valence-corrected chi connectivity index (χ4v) is 2.18. The molecule has 1 aromatic rings. The van der Waals surface area contributed by atoms with Gasteiger partial charge in [0.2, 0.25) is 11.9 Å². The normalized spacial score (nSPS) is 17.9. The van der Waals surface area contributed by atoms with Crippen LogP contribution in [0.1, 0.15) is 40.5 Å². The van der Waals surface area contributed by atoms with Gasteiger partial charge in [-0.05, 0) is 40.5 Å². The van der Waals surface area contributed by atoms with Gasteiger partial charge in [-0.3, -0.25) is 0 Å². The van der Waals surface area contributed by atoms with Crippen molar-refractivity contribution in [3.05, 3.63) is 0 Å². The van der Waals surface area contributed by atoms with Crippen molar-refractivity contribution in [2.75, 3.05) is 29.9 Å². The minimum absolute atomic E-state index is 0.0109. The van der Waals surface area contributed by atoms with Crippen LogP contribution >= 0.6 is 0 Å². The molecule has 2 N–H and O–H groups in total. The molecule has 1 aliphatic heterocycles. The van der Waals surface area contributed by atoms with Crippen LogP contribution in [0.5, 0.6) is 6.01 Å². The van der Waals surface area contributed by atoms with Gasteiger partial charge in [0.15, 0.2) is 0 Å². The second kappa shape index (κ2) is 6.43. The molecule has 1 aromatic heterocycles. The third-order valence-corrected chi connectivity index (χ3v) is 3.40. The van der Waals surface area contributed by atoms with Crippen LogP contribution < -0.4 is 15.0 Å². The van der Waals surface area contributed by atoms with Gasteiger partial charge in [-0.1, -0.05) is 0 Å². The standard InChI is InChI=1S/C14H25N5O2/c1-5-15-11-16-12(18-13(17-11)21-10(2)3)19-8-6-14(4,20)7-9-19/h10,20H,5-9H2,1-4H3,(H,15,16,17,18). The second-order valence-corrected chi connectivity index (χ2v) is 5.92. The quantitative estimate of drug-likeness (QED) is 0.850. The van der Waals surface area contributed by atoms with Crippen molar-refractivity contribution in [1.82, 2.24) is 15.0 Å². The summed E-state index contributed by atoms with van der Waals surface area (Å²) in [6, 6.07) is 0.336. The summed E-state index contributed by atoms with van der Waals surface area (Å²) in [5.74, 6) is 1.13. The van der Waals surface area contributed by atoms with Crippen molar-refractivity contribution in [1.29, 1.82) is 0 Å². The van der Waals surface area contributed by atoms with E-state index in [4.69, 9.17) is 4.74 Å². The summed E-state index contributed by atoms with van der Waals surface area (Å²) in [6.45, 7) is 9.93. The molecule has 1 fully saturated rings. The van der Waals surface area contributed by atoms with Gasteiger partial charge in [-0.2, -0.15) is 15.0 Å². The lowest BCUT2D eigenvalue weighted by molar-refractivity contribution is 0.0348. The Hall–Kier alpha value is -1.63. The van der Waals surface area contributed by atoms with E-state index >= 15 is 0 Å². The van der Waals surface area contributed by atoms with Gasteiger partial charge in [0, 0.05) is 19.6 Å². The molecule has 118 valence electrons. The van der Waals surface area contributed by atoms with Crippen molar-refractivity contribution in [2.45, 2.75) is 52.2 Å². The van der Waals surface area contributed by atoms with E-state index in [2.05, 4.69) is 25.2 Å². The first-order valence-electron chi connectivity index (χ1n) is 7.53. The van der Waals surface area contributed by atoms with Crippen LogP contribution in [0.15, 0.2) is 0 Å². The van der Waals surface area contributed by atoms with Crippen molar-refractivity contribution >= 4 is 11.9 Å². The summed E-state index contributed by atoms with van der Waals surface area (Å²) < 4.78 is 5.60. The molecule has 7 nitrogen and oxygen atoms in total. The molecule has 0 spiro atoms. The first-order valence-corrected chi connectivity index (χ1v) is 7.53. The molecular formula is C14H25N5O2. The number of nitrogens with zero attached hydrogens (tertiary/aromatic N) is 4. The third kappa shape index (κ3) is 4.42. The van der Waals surface area contributed by atoms with Crippen LogP contribution in [-0.4, -0.2) is 51.4 Å². The molecule has 0 saturated carbocycles. The molecule has 1 aliphatic rings. The third-order valence-electron chi connectivity index (χ3n) is 3.40. The molecule has 2 rings (SSSR count). The molecule has 1 saturated heterocycles. The second-order valence-electron chi connectivity index (χ2n) is 5.92. The zero-order valence-electron chi connectivity index (χ0n) is 13.3. The smallest absolute Gasteiger partial charge is 0.323 e. The lowest BCUT2D eigenvalue weighted by Crippen LogP contribution is -2.43. The summed E-state index contributed by atoms with van der Waals surface area (Å²) in [5, 5.41) is 13.1. The average molecular weight is 295 g/mol. The summed E-state index contributed by atoms with van der Waals surface area (Å²) in [5.41, 5.74) is -0.592. The van der Waals surface area contributed by atoms with Gasteiger partial charge in [-0.25, -0.2) is 0 Å². The molecule has 0 unspecified atom stereocenters. The van der Waals surface area contributed by atoms with E-state index in [-0.39, 0.29) is 6.10 Å². The summed E-state index contributed by atoms with van der Waals surface area (Å²) in [7, 11) is 0. The maximum Gasteiger partial charge on any atom is 0.323 e.